The number of nitrogens with two attached hydrogens (primary N) is 1. The van der Waals surface area contributed by atoms with E-state index in [1.54, 1.807) is 0 Å². The number of rotatable bonds is 5. The SMILES string of the molecule is Cc1ccccc1NC(CC(C)C)C(N)=O. The molecule has 0 radical (unpaired) electrons. The monoisotopic (exact) mass is 220 g/mol. The molecule has 1 unspecified atom stereocenters. The fraction of sp³-hybridized carbons (Fsp3) is 0.462. The van der Waals surface area contributed by atoms with Gasteiger partial charge in [-0.05, 0) is 30.9 Å². The average molecular weight is 220 g/mol. The summed E-state index contributed by atoms with van der Waals surface area (Å²) in [5.74, 6) is 0.144. The summed E-state index contributed by atoms with van der Waals surface area (Å²) in [4.78, 5) is 11.3. The molecule has 1 rings (SSSR count). The summed E-state index contributed by atoms with van der Waals surface area (Å²) in [5.41, 5.74) is 7.48. The van der Waals surface area contributed by atoms with E-state index in [1.165, 1.54) is 0 Å². The summed E-state index contributed by atoms with van der Waals surface area (Å²) in [5, 5.41) is 3.20. The van der Waals surface area contributed by atoms with E-state index in [4.69, 9.17) is 5.73 Å². The van der Waals surface area contributed by atoms with Crippen molar-refractivity contribution in [2.24, 2.45) is 11.7 Å². The lowest BCUT2D eigenvalue weighted by molar-refractivity contribution is -0.119. The van der Waals surface area contributed by atoms with Crippen LogP contribution < -0.4 is 11.1 Å². The van der Waals surface area contributed by atoms with Crippen molar-refractivity contribution in [2.75, 3.05) is 5.32 Å². The van der Waals surface area contributed by atoms with Gasteiger partial charge in [0.1, 0.15) is 6.04 Å². The fourth-order valence-electron chi connectivity index (χ4n) is 1.64. The summed E-state index contributed by atoms with van der Waals surface area (Å²) in [7, 11) is 0. The molecule has 0 aliphatic carbocycles. The number of nitrogens with one attached hydrogen (secondary N) is 1. The maximum absolute atomic E-state index is 11.3. The van der Waals surface area contributed by atoms with Crippen LogP contribution in [0.15, 0.2) is 24.3 Å². The van der Waals surface area contributed by atoms with Crippen molar-refractivity contribution < 1.29 is 4.79 Å². The summed E-state index contributed by atoms with van der Waals surface area (Å²) in [6, 6.07) is 7.60. The molecule has 0 saturated carbocycles. The Morgan fingerprint density at radius 3 is 2.50 bits per heavy atom. The average Bonchev–Trinajstić information content (AvgIpc) is 2.19. The van der Waals surface area contributed by atoms with Gasteiger partial charge < -0.3 is 11.1 Å². The van der Waals surface area contributed by atoms with Crippen LogP contribution >= 0.6 is 0 Å². The number of primary amides is 1. The van der Waals surface area contributed by atoms with Crippen LogP contribution in [0, 0.1) is 12.8 Å². The Hall–Kier alpha value is -1.51. The van der Waals surface area contributed by atoms with Gasteiger partial charge in [0, 0.05) is 5.69 Å². The molecule has 0 aliphatic heterocycles. The molecule has 88 valence electrons. The molecule has 1 amide bonds. The van der Waals surface area contributed by atoms with Gasteiger partial charge in [0.2, 0.25) is 5.91 Å². The molecule has 0 heterocycles. The second-order valence-electron chi connectivity index (χ2n) is 4.54. The molecule has 0 aliphatic rings. The van der Waals surface area contributed by atoms with Crippen LogP contribution in [0.5, 0.6) is 0 Å². The van der Waals surface area contributed by atoms with Crippen LogP contribution in [0.4, 0.5) is 5.69 Å². The van der Waals surface area contributed by atoms with Crippen LogP contribution in [-0.4, -0.2) is 11.9 Å². The molecular weight excluding hydrogens is 200 g/mol. The van der Waals surface area contributed by atoms with E-state index < -0.39 is 0 Å². The number of benzene rings is 1. The highest BCUT2D eigenvalue weighted by molar-refractivity contribution is 5.83. The maximum Gasteiger partial charge on any atom is 0.239 e. The first-order chi connectivity index (χ1) is 7.50. The van der Waals surface area contributed by atoms with E-state index in [1.807, 2.05) is 31.2 Å². The first-order valence-corrected chi connectivity index (χ1v) is 5.62. The van der Waals surface area contributed by atoms with Crippen molar-refractivity contribution in [3.8, 4) is 0 Å². The van der Waals surface area contributed by atoms with Crippen molar-refractivity contribution in [3.05, 3.63) is 29.8 Å². The first-order valence-electron chi connectivity index (χ1n) is 5.62. The third-order valence-corrected chi connectivity index (χ3v) is 2.53. The number of carbonyl (C=O) groups is 1. The Kier molecular flexibility index (Phi) is 4.35. The molecular formula is C13H20N2O. The summed E-state index contributed by atoms with van der Waals surface area (Å²) in [6.45, 7) is 6.17. The Morgan fingerprint density at radius 2 is 2.00 bits per heavy atom. The Bertz CT molecular complexity index is 361. The van der Waals surface area contributed by atoms with Gasteiger partial charge in [-0.1, -0.05) is 32.0 Å². The lowest BCUT2D eigenvalue weighted by Crippen LogP contribution is -2.36. The van der Waals surface area contributed by atoms with Gasteiger partial charge in [0.15, 0.2) is 0 Å². The highest BCUT2D eigenvalue weighted by atomic mass is 16.1. The number of anilines is 1. The van der Waals surface area contributed by atoms with Crippen molar-refractivity contribution in [3.63, 3.8) is 0 Å². The van der Waals surface area contributed by atoms with Crippen LogP contribution in [-0.2, 0) is 4.79 Å². The van der Waals surface area contributed by atoms with E-state index in [2.05, 4.69) is 19.2 Å². The summed E-state index contributed by atoms with van der Waals surface area (Å²) >= 11 is 0. The molecule has 3 nitrogen and oxygen atoms in total. The Balaban J connectivity index is 2.76. The largest absolute Gasteiger partial charge is 0.373 e. The van der Waals surface area contributed by atoms with Gasteiger partial charge in [0.25, 0.3) is 0 Å². The number of para-hydroxylation sites is 1. The molecule has 0 fully saturated rings. The Labute approximate surface area is 97.0 Å². The minimum atomic E-state index is -0.294. The van der Waals surface area contributed by atoms with Gasteiger partial charge >= 0.3 is 0 Å². The van der Waals surface area contributed by atoms with E-state index in [0.717, 1.165) is 17.7 Å². The van der Waals surface area contributed by atoms with E-state index in [9.17, 15) is 4.79 Å². The number of hydrogen-bond donors (Lipinski definition) is 2. The van der Waals surface area contributed by atoms with Gasteiger partial charge in [-0.25, -0.2) is 0 Å². The third-order valence-electron chi connectivity index (χ3n) is 2.53. The molecule has 1 atom stereocenters. The van der Waals surface area contributed by atoms with Gasteiger partial charge in [-0.3, -0.25) is 4.79 Å². The van der Waals surface area contributed by atoms with Crippen LogP contribution in [0.25, 0.3) is 0 Å². The summed E-state index contributed by atoms with van der Waals surface area (Å²) < 4.78 is 0. The number of aryl methyl sites for hydroxylation is 1. The quantitative estimate of drug-likeness (QED) is 0.800. The van der Waals surface area contributed by atoms with Crippen molar-refractivity contribution in [1.82, 2.24) is 0 Å². The van der Waals surface area contributed by atoms with Crippen LogP contribution in [0.2, 0.25) is 0 Å². The van der Waals surface area contributed by atoms with E-state index >= 15 is 0 Å². The minimum absolute atomic E-state index is 0.291. The molecule has 0 spiro atoms. The minimum Gasteiger partial charge on any atom is -0.373 e. The maximum atomic E-state index is 11.3. The lowest BCUT2D eigenvalue weighted by atomic mass is 10.0. The van der Waals surface area contributed by atoms with Gasteiger partial charge in [0.05, 0.1) is 0 Å². The molecule has 3 N–H and O–H groups in total. The highest BCUT2D eigenvalue weighted by Gasteiger charge is 2.16. The first kappa shape index (κ1) is 12.6. The molecule has 0 saturated heterocycles. The molecule has 16 heavy (non-hydrogen) atoms. The molecule has 3 heteroatoms. The fourth-order valence-corrected chi connectivity index (χ4v) is 1.64. The van der Waals surface area contributed by atoms with Gasteiger partial charge in [-0.15, -0.1) is 0 Å². The van der Waals surface area contributed by atoms with Crippen LogP contribution in [0.3, 0.4) is 0 Å². The molecule has 0 aromatic heterocycles. The standard InChI is InChI=1S/C13H20N2O/c1-9(2)8-12(13(14)16)15-11-7-5-4-6-10(11)3/h4-7,9,12,15H,8H2,1-3H3,(H2,14,16). The van der Waals surface area contributed by atoms with Crippen molar-refractivity contribution in [2.45, 2.75) is 33.2 Å². The Morgan fingerprint density at radius 1 is 1.38 bits per heavy atom. The molecule has 1 aromatic carbocycles. The zero-order chi connectivity index (χ0) is 12.1. The second-order valence-corrected chi connectivity index (χ2v) is 4.54. The van der Waals surface area contributed by atoms with Gasteiger partial charge in [-0.2, -0.15) is 0 Å². The smallest absolute Gasteiger partial charge is 0.239 e. The van der Waals surface area contributed by atoms with E-state index in [-0.39, 0.29) is 11.9 Å². The normalized spacial score (nSPS) is 12.5. The zero-order valence-electron chi connectivity index (χ0n) is 10.2. The highest BCUT2D eigenvalue weighted by Crippen LogP contribution is 2.17. The van der Waals surface area contributed by atoms with Crippen molar-refractivity contribution in [1.29, 1.82) is 0 Å². The lowest BCUT2D eigenvalue weighted by Gasteiger charge is -2.19. The molecule has 0 bridgehead atoms. The van der Waals surface area contributed by atoms with Crippen molar-refractivity contribution >= 4 is 11.6 Å². The second kappa shape index (κ2) is 5.54. The number of amides is 1. The predicted molar refractivity (Wildman–Crippen MR) is 67.2 cm³/mol. The summed E-state index contributed by atoms with van der Waals surface area (Å²) in [6.07, 6.45) is 0.754. The number of carbonyl (C=O) groups excluding carboxylic acids is 1. The topological polar surface area (TPSA) is 55.1 Å². The third kappa shape index (κ3) is 3.57. The number of hydrogen-bond acceptors (Lipinski definition) is 2. The zero-order valence-corrected chi connectivity index (χ0v) is 10.2. The molecule has 1 aromatic rings. The van der Waals surface area contributed by atoms with Crippen LogP contribution in [0.1, 0.15) is 25.8 Å². The predicted octanol–water partition coefficient (Wildman–Crippen LogP) is 2.31. The van der Waals surface area contributed by atoms with E-state index in [0.29, 0.717) is 5.92 Å².